The van der Waals surface area contributed by atoms with Gasteiger partial charge in [-0.05, 0) is 38.1 Å². The standard InChI is InChI=1S/C17H20N2O4.ClH/c1-18-13-6-8-19(9-7-13)16(20)11-22-14-4-2-12-3-5-17(21)23-15(12)10-14;/h2-5,10,13,18H,6-9,11H2,1H3;1H. The Kier molecular flexibility index (Phi) is 6.23. The molecule has 1 N–H and O–H groups in total. The first-order chi connectivity index (χ1) is 11.2. The minimum absolute atomic E-state index is 0. The molecule has 1 aliphatic rings. The maximum atomic E-state index is 12.2. The lowest BCUT2D eigenvalue weighted by Gasteiger charge is -2.31. The topological polar surface area (TPSA) is 71.8 Å². The molecule has 24 heavy (non-hydrogen) atoms. The highest BCUT2D eigenvalue weighted by Gasteiger charge is 2.21. The van der Waals surface area contributed by atoms with E-state index in [1.807, 2.05) is 11.9 Å². The fraction of sp³-hybridized carbons (Fsp3) is 0.412. The number of nitrogens with one attached hydrogen (secondary N) is 1. The van der Waals surface area contributed by atoms with Gasteiger partial charge in [0.25, 0.3) is 5.91 Å². The summed E-state index contributed by atoms with van der Waals surface area (Å²) in [5.41, 5.74) is 0.0513. The molecule has 0 saturated carbocycles. The lowest BCUT2D eigenvalue weighted by atomic mass is 10.1. The van der Waals surface area contributed by atoms with E-state index in [9.17, 15) is 9.59 Å². The van der Waals surface area contributed by atoms with Crippen LogP contribution in [0.2, 0.25) is 0 Å². The van der Waals surface area contributed by atoms with E-state index >= 15 is 0 Å². The number of ether oxygens (including phenoxy) is 1. The van der Waals surface area contributed by atoms with Gasteiger partial charge in [-0.15, -0.1) is 12.4 Å². The molecule has 1 aliphatic heterocycles. The molecule has 0 bridgehead atoms. The molecule has 130 valence electrons. The van der Waals surface area contributed by atoms with Crippen LogP contribution in [0.25, 0.3) is 11.0 Å². The number of hydrogen-bond acceptors (Lipinski definition) is 5. The van der Waals surface area contributed by atoms with Crippen LogP contribution in [-0.2, 0) is 4.79 Å². The molecule has 1 saturated heterocycles. The lowest BCUT2D eigenvalue weighted by molar-refractivity contribution is -0.134. The number of likely N-dealkylation sites (tertiary alicyclic amines) is 1. The van der Waals surface area contributed by atoms with Gasteiger partial charge < -0.3 is 19.4 Å². The quantitative estimate of drug-likeness (QED) is 0.850. The Morgan fingerprint density at radius 2 is 2.00 bits per heavy atom. The third kappa shape index (κ3) is 4.27. The third-order valence-electron chi connectivity index (χ3n) is 4.21. The molecule has 2 heterocycles. The SMILES string of the molecule is CNC1CCN(C(=O)COc2ccc3ccc(=O)oc3c2)CC1.Cl. The zero-order valence-corrected chi connectivity index (χ0v) is 14.3. The summed E-state index contributed by atoms with van der Waals surface area (Å²) < 4.78 is 10.7. The number of carbonyl (C=O) groups is 1. The number of fused-ring (bicyclic) bond motifs is 1. The Morgan fingerprint density at radius 1 is 1.29 bits per heavy atom. The fourth-order valence-electron chi connectivity index (χ4n) is 2.78. The molecule has 6 nitrogen and oxygen atoms in total. The number of nitrogens with zero attached hydrogens (tertiary/aromatic N) is 1. The predicted octanol–water partition coefficient (Wildman–Crippen LogP) is 1.80. The maximum Gasteiger partial charge on any atom is 0.336 e. The second-order valence-corrected chi connectivity index (χ2v) is 5.69. The minimum atomic E-state index is -0.405. The summed E-state index contributed by atoms with van der Waals surface area (Å²) in [5.74, 6) is 0.500. The van der Waals surface area contributed by atoms with Crippen LogP contribution in [0.4, 0.5) is 0 Å². The summed E-state index contributed by atoms with van der Waals surface area (Å²) in [7, 11) is 1.95. The third-order valence-corrected chi connectivity index (χ3v) is 4.21. The van der Waals surface area contributed by atoms with E-state index in [2.05, 4.69) is 5.32 Å². The first-order valence-electron chi connectivity index (χ1n) is 7.77. The van der Waals surface area contributed by atoms with Gasteiger partial charge in [0.2, 0.25) is 0 Å². The molecule has 7 heteroatoms. The van der Waals surface area contributed by atoms with E-state index in [1.165, 1.54) is 6.07 Å². The lowest BCUT2D eigenvalue weighted by Crippen LogP contribution is -2.45. The number of halogens is 1. The van der Waals surface area contributed by atoms with Crippen molar-refractivity contribution in [1.82, 2.24) is 10.2 Å². The second kappa shape index (κ2) is 8.17. The summed E-state index contributed by atoms with van der Waals surface area (Å²) >= 11 is 0. The number of carbonyl (C=O) groups excluding carboxylic acids is 1. The molecule has 0 aliphatic carbocycles. The van der Waals surface area contributed by atoms with Crippen LogP contribution in [-0.4, -0.2) is 43.6 Å². The number of amides is 1. The van der Waals surface area contributed by atoms with E-state index in [0.29, 0.717) is 17.4 Å². The van der Waals surface area contributed by atoms with Crippen molar-refractivity contribution in [1.29, 1.82) is 0 Å². The fourth-order valence-corrected chi connectivity index (χ4v) is 2.78. The summed E-state index contributed by atoms with van der Waals surface area (Å²) in [6.45, 7) is 1.49. The van der Waals surface area contributed by atoms with Crippen molar-refractivity contribution < 1.29 is 13.9 Å². The molecule has 0 spiro atoms. The zero-order valence-electron chi connectivity index (χ0n) is 13.5. The van der Waals surface area contributed by atoms with Gasteiger partial charge in [0.05, 0.1) is 0 Å². The van der Waals surface area contributed by atoms with Crippen LogP contribution in [0, 0.1) is 0 Å². The van der Waals surface area contributed by atoms with E-state index in [-0.39, 0.29) is 24.9 Å². The molecule has 3 rings (SSSR count). The average Bonchev–Trinajstić information content (AvgIpc) is 2.59. The van der Waals surface area contributed by atoms with Gasteiger partial charge in [-0.3, -0.25) is 4.79 Å². The van der Waals surface area contributed by atoms with Gasteiger partial charge >= 0.3 is 5.63 Å². The van der Waals surface area contributed by atoms with Gasteiger partial charge in [0, 0.05) is 36.7 Å². The zero-order chi connectivity index (χ0) is 16.2. The highest BCUT2D eigenvalue weighted by molar-refractivity contribution is 5.85. The smallest absolute Gasteiger partial charge is 0.336 e. The van der Waals surface area contributed by atoms with Crippen molar-refractivity contribution >= 4 is 29.3 Å². The van der Waals surface area contributed by atoms with Crippen LogP contribution < -0.4 is 15.7 Å². The van der Waals surface area contributed by atoms with Crippen LogP contribution in [0.15, 0.2) is 39.5 Å². The summed E-state index contributed by atoms with van der Waals surface area (Å²) in [4.78, 5) is 25.3. The summed E-state index contributed by atoms with van der Waals surface area (Å²) in [6, 6.07) is 8.77. The molecule has 1 aromatic heterocycles. The number of benzene rings is 1. The van der Waals surface area contributed by atoms with Crippen LogP contribution >= 0.6 is 12.4 Å². The molecule has 1 aromatic carbocycles. The molecule has 0 unspecified atom stereocenters. The minimum Gasteiger partial charge on any atom is -0.484 e. The van der Waals surface area contributed by atoms with Crippen molar-refractivity contribution in [2.45, 2.75) is 18.9 Å². The molecular weight excluding hydrogens is 332 g/mol. The first kappa shape index (κ1) is 18.3. The molecule has 1 fully saturated rings. The Balaban J connectivity index is 0.00000208. The Labute approximate surface area is 146 Å². The van der Waals surface area contributed by atoms with E-state index in [1.54, 1.807) is 24.3 Å². The van der Waals surface area contributed by atoms with E-state index in [4.69, 9.17) is 9.15 Å². The Morgan fingerprint density at radius 3 is 2.71 bits per heavy atom. The molecule has 2 aromatic rings. The van der Waals surface area contributed by atoms with Gasteiger partial charge in [-0.25, -0.2) is 4.79 Å². The van der Waals surface area contributed by atoms with Crippen molar-refractivity contribution in [3.8, 4) is 5.75 Å². The van der Waals surface area contributed by atoms with Crippen LogP contribution in [0.5, 0.6) is 5.75 Å². The Bertz CT molecular complexity index is 754. The van der Waals surface area contributed by atoms with Crippen LogP contribution in [0.1, 0.15) is 12.8 Å². The number of rotatable bonds is 4. The van der Waals surface area contributed by atoms with Gasteiger partial charge in [0.1, 0.15) is 11.3 Å². The molecular formula is C17H21ClN2O4. The number of piperidine rings is 1. The van der Waals surface area contributed by atoms with Crippen molar-refractivity contribution in [3.63, 3.8) is 0 Å². The van der Waals surface area contributed by atoms with E-state index in [0.717, 1.165) is 31.3 Å². The van der Waals surface area contributed by atoms with Crippen LogP contribution in [0.3, 0.4) is 0 Å². The molecule has 0 radical (unpaired) electrons. The molecule has 1 amide bonds. The largest absolute Gasteiger partial charge is 0.484 e. The highest BCUT2D eigenvalue weighted by Crippen LogP contribution is 2.19. The highest BCUT2D eigenvalue weighted by atomic mass is 35.5. The molecule has 0 atom stereocenters. The maximum absolute atomic E-state index is 12.2. The van der Waals surface area contributed by atoms with Crippen molar-refractivity contribution in [3.05, 3.63) is 40.8 Å². The average molecular weight is 353 g/mol. The predicted molar refractivity (Wildman–Crippen MR) is 93.9 cm³/mol. The van der Waals surface area contributed by atoms with Gasteiger partial charge in [-0.2, -0.15) is 0 Å². The normalized spacial score (nSPS) is 15.1. The Hall–Kier alpha value is -2.05. The van der Waals surface area contributed by atoms with Crippen molar-refractivity contribution in [2.75, 3.05) is 26.7 Å². The monoisotopic (exact) mass is 352 g/mol. The first-order valence-corrected chi connectivity index (χ1v) is 7.77. The summed E-state index contributed by atoms with van der Waals surface area (Å²) in [5, 5.41) is 4.05. The van der Waals surface area contributed by atoms with E-state index < -0.39 is 5.63 Å². The van der Waals surface area contributed by atoms with Crippen molar-refractivity contribution in [2.24, 2.45) is 0 Å². The van der Waals surface area contributed by atoms with Gasteiger partial charge in [-0.1, -0.05) is 0 Å². The second-order valence-electron chi connectivity index (χ2n) is 5.69. The summed E-state index contributed by atoms with van der Waals surface area (Å²) in [6.07, 6.45) is 1.92. The number of hydrogen-bond donors (Lipinski definition) is 1. The van der Waals surface area contributed by atoms with Gasteiger partial charge in [0.15, 0.2) is 6.61 Å².